The number of amides is 1. The van der Waals surface area contributed by atoms with Crippen molar-refractivity contribution in [3.8, 4) is 11.1 Å². The highest BCUT2D eigenvalue weighted by Gasteiger charge is 2.32. The molecule has 0 radical (unpaired) electrons. The third-order valence-electron chi connectivity index (χ3n) is 6.62. The third kappa shape index (κ3) is 5.61. The fraction of sp³-hybridized carbons (Fsp3) is 0.296. The lowest BCUT2D eigenvalue weighted by Gasteiger charge is -2.34. The highest BCUT2D eigenvalue weighted by Crippen LogP contribution is 2.38. The largest absolute Gasteiger partial charge is 0.325 e. The summed E-state index contributed by atoms with van der Waals surface area (Å²) in [6.45, 7) is 2.56. The Morgan fingerprint density at radius 3 is 2.63 bits per heavy atom. The maximum atomic E-state index is 13.4. The monoisotopic (exact) mass is 570 g/mol. The number of carbonyl (C=O) groups is 1. The van der Waals surface area contributed by atoms with Crippen molar-refractivity contribution in [3.05, 3.63) is 66.1 Å². The molecule has 1 N–H and O–H groups in total. The van der Waals surface area contributed by atoms with E-state index in [9.17, 15) is 17.6 Å². The van der Waals surface area contributed by atoms with Gasteiger partial charge in [-0.05, 0) is 61.2 Å². The summed E-state index contributed by atoms with van der Waals surface area (Å²) in [6.07, 6.45) is 5.07. The maximum Gasteiger partial charge on any atom is 0.243 e. The van der Waals surface area contributed by atoms with E-state index in [2.05, 4.69) is 15.3 Å². The summed E-state index contributed by atoms with van der Waals surface area (Å²) < 4.78 is 41.4. The van der Waals surface area contributed by atoms with E-state index < -0.39 is 10.0 Å². The minimum Gasteiger partial charge on any atom is -0.325 e. The fourth-order valence-corrected chi connectivity index (χ4v) is 8.23. The van der Waals surface area contributed by atoms with Gasteiger partial charge in [0.15, 0.2) is 0 Å². The van der Waals surface area contributed by atoms with Crippen LogP contribution in [0.5, 0.6) is 0 Å². The molecule has 1 unspecified atom stereocenters. The van der Waals surface area contributed by atoms with Crippen LogP contribution in [0.1, 0.15) is 32.6 Å². The number of nitrogens with one attached hydrogen (secondary N) is 1. The molecule has 0 spiro atoms. The zero-order valence-electron chi connectivity index (χ0n) is 20.8. The van der Waals surface area contributed by atoms with Gasteiger partial charge < -0.3 is 5.32 Å². The van der Waals surface area contributed by atoms with Gasteiger partial charge in [-0.2, -0.15) is 4.31 Å². The molecule has 1 atom stereocenters. The van der Waals surface area contributed by atoms with Gasteiger partial charge in [-0.15, -0.1) is 11.3 Å². The SMILES string of the molecule is CCC1CCCCN1S(=O)(=O)c1ccc(NC(=O)CSc2ncnc3scc(-c4ccc(F)cc4)c23)cc1. The zero-order chi connectivity index (χ0) is 26.7. The van der Waals surface area contributed by atoms with E-state index >= 15 is 0 Å². The Kier molecular flexibility index (Phi) is 8.08. The van der Waals surface area contributed by atoms with E-state index in [1.807, 2.05) is 12.3 Å². The lowest BCUT2D eigenvalue weighted by Crippen LogP contribution is -2.43. The van der Waals surface area contributed by atoms with Crippen molar-refractivity contribution in [1.82, 2.24) is 14.3 Å². The summed E-state index contributed by atoms with van der Waals surface area (Å²) >= 11 is 2.76. The number of anilines is 1. The average molecular weight is 571 g/mol. The summed E-state index contributed by atoms with van der Waals surface area (Å²) in [5.41, 5.74) is 2.27. The molecule has 38 heavy (non-hydrogen) atoms. The number of halogens is 1. The first-order valence-electron chi connectivity index (χ1n) is 12.4. The number of aromatic nitrogens is 2. The van der Waals surface area contributed by atoms with Crippen LogP contribution in [0.3, 0.4) is 0 Å². The number of thioether (sulfide) groups is 1. The Morgan fingerprint density at radius 2 is 1.89 bits per heavy atom. The van der Waals surface area contributed by atoms with Crippen molar-refractivity contribution in [2.45, 2.75) is 48.6 Å². The van der Waals surface area contributed by atoms with E-state index in [4.69, 9.17) is 0 Å². The van der Waals surface area contributed by atoms with Gasteiger partial charge in [0, 0.05) is 29.2 Å². The Morgan fingerprint density at radius 1 is 1.13 bits per heavy atom. The number of piperidine rings is 1. The minimum absolute atomic E-state index is 0.0326. The summed E-state index contributed by atoms with van der Waals surface area (Å²) in [5.74, 6) is -0.437. The molecule has 1 fully saturated rings. The minimum atomic E-state index is -3.58. The number of hydrogen-bond donors (Lipinski definition) is 1. The molecule has 1 aliphatic heterocycles. The third-order valence-corrected chi connectivity index (χ3v) is 10.5. The molecular weight excluding hydrogens is 544 g/mol. The number of sulfonamides is 1. The van der Waals surface area contributed by atoms with Gasteiger partial charge in [0.25, 0.3) is 0 Å². The Labute approximate surface area is 229 Å². The Balaban J connectivity index is 1.26. The molecule has 2 aromatic heterocycles. The molecule has 3 heterocycles. The van der Waals surface area contributed by atoms with E-state index in [-0.39, 0.29) is 28.4 Å². The summed E-state index contributed by atoms with van der Waals surface area (Å²) in [5, 5.41) is 6.29. The number of rotatable bonds is 8. The van der Waals surface area contributed by atoms with Gasteiger partial charge >= 0.3 is 0 Å². The smallest absolute Gasteiger partial charge is 0.243 e. The second-order valence-corrected chi connectivity index (χ2v) is 12.8. The normalized spacial score (nSPS) is 16.5. The van der Waals surface area contributed by atoms with E-state index in [1.54, 1.807) is 40.7 Å². The van der Waals surface area contributed by atoms with Crippen LogP contribution in [0, 0.1) is 5.82 Å². The van der Waals surface area contributed by atoms with Gasteiger partial charge in [0.1, 0.15) is 22.0 Å². The topological polar surface area (TPSA) is 92.3 Å². The Hall–Kier alpha value is -2.86. The van der Waals surface area contributed by atoms with Crippen molar-refractivity contribution in [3.63, 3.8) is 0 Å². The molecule has 1 aliphatic rings. The number of hydrogen-bond acceptors (Lipinski definition) is 7. The predicted molar refractivity (Wildman–Crippen MR) is 150 cm³/mol. The van der Waals surface area contributed by atoms with Gasteiger partial charge in [-0.1, -0.05) is 37.2 Å². The zero-order valence-corrected chi connectivity index (χ0v) is 23.2. The standard InChI is InChI=1S/C27H27FN4O3S3/c1-2-21-5-3-4-14-32(21)38(34,35)22-12-10-20(11-13-22)31-24(33)16-37-27-25-23(15-36-26(25)29-17-30-27)18-6-8-19(28)9-7-18/h6-13,15,17,21H,2-5,14,16H2,1H3,(H,31,33). The molecule has 1 saturated heterocycles. The average Bonchev–Trinajstić information content (AvgIpc) is 3.37. The van der Waals surface area contributed by atoms with E-state index in [0.717, 1.165) is 47.0 Å². The molecule has 11 heteroatoms. The van der Waals surface area contributed by atoms with Crippen LogP contribution in [0.2, 0.25) is 0 Å². The lowest BCUT2D eigenvalue weighted by atomic mass is 10.0. The summed E-state index contributed by atoms with van der Waals surface area (Å²) in [6, 6.07) is 12.6. The van der Waals surface area contributed by atoms with Gasteiger partial charge in [-0.25, -0.2) is 22.8 Å². The number of benzene rings is 2. The van der Waals surface area contributed by atoms with Crippen molar-refractivity contribution in [2.75, 3.05) is 17.6 Å². The van der Waals surface area contributed by atoms with Crippen LogP contribution < -0.4 is 5.32 Å². The van der Waals surface area contributed by atoms with E-state index in [1.165, 1.54) is 41.6 Å². The number of carbonyl (C=O) groups excluding carboxylic acids is 1. The molecule has 7 nitrogen and oxygen atoms in total. The molecule has 198 valence electrons. The van der Waals surface area contributed by atoms with Crippen LogP contribution >= 0.6 is 23.1 Å². The molecule has 1 amide bonds. The van der Waals surface area contributed by atoms with Gasteiger partial charge in [0.05, 0.1) is 16.0 Å². The molecule has 4 aromatic rings. The Bertz CT molecular complexity index is 1540. The first-order chi connectivity index (χ1) is 18.4. The first kappa shape index (κ1) is 26.7. The number of thiophene rings is 1. The van der Waals surface area contributed by atoms with Crippen LogP contribution in [-0.4, -0.2) is 46.9 Å². The van der Waals surface area contributed by atoms with Crippen molar-refractivity contribution >= 4 is 54.9 Å². The van der Waals surface area contributed by atoms with Crippen LogP contribution in [-0.2, 0) is 14.8 Å². The number of fused-ring (bicyclic) bond motifs is 1. The second kappa shape index (κ2) is 11.5. The highest BCUT2D eigenvalue weighted by molar-refractivity contribution is 8.00. The first-order valence-corrected chi connectivity index (χ1v) is 15.7. The summed E-state index contributed by atoms with van der Waals surface area (Å²) in [4.78, 5) is 22.5. The second-order valence-electron chi connectivity index (χ2n) is 9.05. The van der Waals surface area contributed by atoms with Gasteiger partial charge in [-0.3, -0.25) is 4.79 Å². The van der Waals surface area contributed by atoms with Crippen LogP contribution in [0.4, 0.5) is 10.1 Å². The van der Waals surface area contributed by atoms with Crippen molar-refractivity contribution in [2.24, 2.45) is 0 Å². The lowest BCUT2D eigenvalue weighted by molar-refractivity contribution is -0.113. The quantitative estimate of drug-likeness (QED) is 0.201. The fourth-order valence-electron chi connectivity index (χ4n) is 4.67. The molecule has 0 aliphatic carbocycles. The predicted octanol–water partition coefficient (Wildman–Crippen LogP) is 6.18. The molecular formula is C27H27FN4O3S3. The van der Waals surface area contributed by atoms with Crippen LogP contribution in [0.25, 0.3) is 21.3 Å². The van der Waals surface area contributed by atoms with Crippen molar-refractivity contribution in [1.29, 1.82) is 0 Å². The molecule has 2 aromatic carbocycles. The maximum absolute atomic E-state index is 13.4. The van der Waals surface area contributed by atoms with Crippen molar-refractivity contribution < 1.29 is 17.6 Å². The molecule has 0 saturated carbocycles. The molecule has 0 bridgehead atoms. The number of nitrogens with zero attached hydrogens (tertiary/aromatic N) is 3. The van der Waals surface area contributed by atoms with Gasteiger partial charge in [0.2, 0.25) is 15.9 Å². The molecule has 5 rings (SSSR count). The van der Waals surface area contributed by atoms with Crippen LogP contribution in [0.15, 0.2) is 70.2 Å². The summed E-state index contributed by atoms with van der Waals surface area (Å²) in [7, 11) is -3.58. The highest BCUT2D eigenvalue weighted by atomic mass is 32.2. The van der Waals surface area contributed by atoms with E-state index in [0.29, 0.717) is 17.3 Å².